The Bertz CT molecular complexity index is 643. The first-order chi connectivity index (χ1) is 9.54. The Morgan fingerprint density at radius 3 is 2.65 bits per heavy atom. The van der Waals surface area contributed by atoms with Gasteiger partial charge in [0, 0.05) is 7.05 Å². The predicted molar refractivity (Wildman–Crippen MR) is 78.8 cm³/mol. The Labute approximate surface area is 122 Å². The molecule has 0 atom stereocenters. The number of hydrogen-bond acceptors (Lipinski definition) is 3. The lowest BCUT2D eigenvalue weighted by molar-refractivity contribution is 0.0992. The molecule has 0 aliphatic carbocycles. The molecule has 0 spiro atoms. The molecule has 20 heavy (non-hydrogen) atoms. The van der Waals surface area contributed by atoms with E-state index in [9.17, 15) is 9.90 Å². The highest BCUT2D eigenvalue weighted by atomic mass is 35.5. The van der Waals surface area contributed by atoms with Gasteiger partial charge in [0.05, 0.1) is 23.4 Å². The minimum Gasteiger partial charge on any atom is -0.508 e. The summed E-state index contributed by atoms with van der Waals surface area (Å²) in [5.74, 6) is 0.251. The highest BCUT2D eigenvalue weighted by Gasteiger charge is 2.19. The molecule has 0 heterocycles. The van der Waals surface area contributed by atoms with Crippen molar-refractivity contribution in [3.63, 3.8) is 0 Å². The van der Waals surface area contributed by atoms with Crippen LogP contribution in [0.4, 0.5) is 5.69 Å². The Morgan fingerprint density at radius 2 is 1.95 bits per heavy atom. The van der Waals surface area contributed by atoms with Gasteiger partial charge in [0.1, 0.15) is 11.5 Å². The van der Waals surface area contributed by atoms with Gasteiger partial charge in [-0.15, -0.1) is 0 Å². The molecule has 2 aromatic rings. The number of phenolic OH excluding ortho intramolecular Hbond substituents is 1. The molecule has 0 aliphatic heterocycles. The monoisotopic (exact) mass is 291 g/mol. The lowest BCUT2D eigenvalue weighted by Crippen LogP contribution is -2.26. The number of hydrogen-bond donors (Lipinski definition) is 1. The van der Waals surface area contributed by atoms with Crippen molar-refractivity contribution in [3.8, 4) is 11.5 Å². The lowest BCUT2D eigenvalue weighted by Gasteiger charge is -2.20. The third-order valence-corrected chi connectivity index (χ3v) is 3.26. The Morgan fingerprint density at radius 1 is 1.25 bits per heavy atom. The molecule has 0 aliphatic rings. The summed E-state index contributed by atoms with van der Waals surface area (Å²) in [6, 6.07) is 11.4. The molecule has 1 amide bonds. The van der Waals surface area contributed by atoms with Crippen molar-refractivity contribution in [2.75, 3.05) is 19.1 Å². The van der Waals surface area contributed by atoms with E-state index in [1.807, 2.05) is 12.1 Å². The van der Waals surface area contributed by atoms with E-state index in [1.54, 1.807) is 26.3 Å². The van der Waals surface area contributed by atoms with Crippen molar-refractivity contribution in [1.29, 1.82) is 0 Å². The highest BCUT2D eigenvalue weighted by molar-refractivity contribution is 6.34. The number of carbonyl (C=O) groups excluding carboxylic acids is 1. The molecule has 1 N–H and O–H groups in total. The summed E-state index contributed by atoms with van der Waals surface area (Å²) in [6.45, 7) is 0. The summed E-state index contributed by atoms with van der Waals surface area (Å²) < 4.78 is 5.23. The minimum atomic E-state index is -0.324. The maximum Gasteiger partial charge on any atom is 0.259 e. The van der Waals surface area contributed by atoms with Gasteiger partial charge in [-0.2, -0.15) is 0 Å². The zero-order valence-electron chi connectivity index (χ0n) is 11.1. The fourth-order valence-corrected chi connectivity index (χ4v) is 2.07. The van der Waals surface area contributed by atoms with Crippen LogP contribution in [0.25, 0.3) is 0 Å². The van der Waals surface area contributed by atoms with Crippen LogP contribution in [0.1, 0.15) is 10.4 Å². The van der Waals surface area contributed by atoms with Crippen LogP contribution in [0.15, 0.2) is 42.5 Å². The van der Waals surface area contributed by atoms with Gasteiger partial charge in [-0.05, 0) is 30.3 Å². The van der Waals surface area contributed by atoms with Crippen LogP contribution in [-0.4, -0.2) is 25.2 Å². The van der Waals surface area contributed by atoms with Crippen LogP contribution < -0.4 is 9.64 Å². The van der Waals surface area contributed by atoms with Crippen molar-refractivity contribution in [1.82, 2.24) is 0 Å². The quantitative estimate of drug-likeness (QED) is 0.943. The number of para-hydroxylation sites is 2. The molecule has 0 radical (unpaired) electrons. The van der Waals surface area contributed by atoms with Crippen LogP contribution in [0.3, 0.4) is 0 Å². The van der Waals surface area contributed by atoms with Gasteiger partial charge in [0.2, 0.25) is 0 Å². The molecule has 0 saturated carbocycles. The van der Waals surface area contributed by atoms with Gasteiger partial charge in [0.25, 0.3) is 5.91 Å². The van der Waals surface area contributed by atoms with Crippen LogP contribution in [0, 0.1) is 0 Å². The van der Waals surface area contributed by atoms with Gasteiger partial charge >= 0.3 is 0 Å². The van der Waals surface area contributed by atoms with Gasteiger partial charge in [0.15, 0.2) is 0 Å². The number of carbonyl (C=O) groups is 1. The predicted octanol–water partition coefficient (Wildman–Crippen LogP) is 3.33. The van der Waals surface area contributed by atoms with E-state index in [0.717, 1.165) is 0 Å². The number of rotatable bonds is 3. The number of halogens is 1. The first-order valence-electron chi connectivity index (χ1n) is 5.94. The average molecular weight is 292 g/mol. The SMILES string of the molecule is COc1ccccc1N(C)C(=O)c1cc(O)ccc1Cl. The van der Waals surface area contributed by atoms with Gasteiger partial charge < -0.3 is 14.7 Å². The van der Waals surface area contributed by atoms with Gasteiger partial charge in [-0.3, -0.25) is 4.79 Å². The summed E-state index contributed by atoms with van der Waals surface area (Å²) in [5, 5.41) is 9.77. The minimum absolute atomic E-state index is 0.00817. The molecule has 2 aromatic carbocycles. The summed E-state index contributed by atoms with van der Waals surface area (Å²) in [4.78, 5) is 13.9. The van der Waals surface area contributed by atoms with Gasteiger partial charge in [-0.25, -0.2) is 0 Å². The van der Waals surface area contributed by atoms with Crippen molar-refractivity contribution in [3.05, 3.63) is 53.1 Å². The summed E-state index contributed by atoms with van der Waals surface area (Å²) in [5.41, 5.74) is 0.861. The number of benzene rings is 2. The van der Waals surface area contributed by atoms with Crippen molar-refractivity contribution in [2.24, 2.45) is 0 Å². The van der Waals surface area contributed by atoms with E-state index in [-0.39, 0.29) is 22.2 Å². The topological polar surface area (TPSA) is 49.8 Å². The van der Waals surface area contributed by atoms with Crippen molar-refractivity contribution >= 4 is 23.2 Å². The molecule has 104 valence electrons. The maximum atomic E-state index is 12.5. The number of ether oxygens (including phenoxy) is 1. The normalized spacial score (nSPS) is 10.2. The Balaban J connectivity index is 2.40. The first kappa shape index (κ1) is 14.2. The average Bonchev–Trinajstić information content (AvgIpc) is 2.48. The second-order valence-corrected chi connectivity index (χ2v) is 4.61. The van der Waals surface area contributed by atoms with E-state index in [0.29, 0.717) is 11.4 Å². The fraction of sp³-hybridized carbons (Fsp3) is 0.133. The Hall–Kier alpha value is -2.20. The maximum absolute atomic E-state index is 12.5. The van der Waals surface area contributed by atoms with E-state index in [2.05, 4.69) is 0 Å². The van der Waals surface area contributed by atoms with E-state index >= 15 is 0 Å². The first-order valence-corrected chi connectivity index (χ1v) is 6.32. The molecule has 0 fully saturated rings. The van der Waals surface area contributed by atoms with Crippen molar-refractivity contribution < 1.29 is 14.6 Å². The molecule has 2 rings (SSSR count). The summed E-state index contributed by atoms with van der Waals surface area (Å²) in [6.07, 6.45) is 0. The molecule has 4 nitrogen and oxygen atoms in total. The van der Waals surface area contributed by atoms with Crippen LogP contribution in [0.5, 0.6) is 11.5 Å². The number of amides is 1. The third-order valence-electron chi connectivity index (χ3n) is 2.93. The smallest absolute Gasteiger partial charge is 0.259 e. The number of aromatic hydroxyl groups is 1. The zero-order chi connectivity index (χ0) is 14.7. The van der Waals surface area contributed by atoms with Gasteiger partial charge in [-0.1, -0.05) is 23.7 Å². The number of methoxy groups -OCH3 is 1. The number of phenols is 1. The van der Waals surface area contributed by atoms with Crippen LogP contribution in [-0.2, 0) is 0 Å². The van der Waals surface area contributed by atoms with E-state index in [1.165, 1.54) is 23.1 Å². The molecule has 0 bridgehead atoms. The number of anilines is 1. The van der Waals surface area contributed by atoms with E-state index in [4.69, 9.17) is 16.3 Å². The third kappa shape index (κ3) is 2.70. The van der Waals surface area contributed by atoms with E-state index < -0.39 is 0 Å². The highest BCUT2D eigenvalue weighted by Crippen LogP contribution is 2.29. The molecular formula is C15H14ClNO3. The molecule has 0 aromatic heterocycles. The summed E-state index contributed by atoms with van der Waals surface area (Å²) >= 11 is 6.01. The second-order valence-electron chi connectivity index (χ2n) is 4.20. The standard InChI is InChI=1S/C15H14ClNO3/c1-17(13-5-3-4-6-14(13)20-2)15(19)11-9-10(18)7-8-12(11)16/h3-9,18H,1-2H3. The molecule has 5 heteroatoms. The fourth-order valence-electron chi connectivity index (χ4n) is 1.87. The molecular weight excluding hydrogens is 278 g/mol. The largest absolute Gasteiger partial charge is 0.508 e. The van der Waals surface area contributed by atoms with Crippen LogP contribution in [0.2, 0.25) is 5.02 Å². The second kappa shape index (κ2) is 5.84. The summed E-state index contributed by atoms with van der Waals surface area (Å²) in [7, 11) is 3.17. The molecule has 0 unspecified atom stereocenters. The zero-order valence-corrected chi connectivity index (χ0v) is 11.9. The lowest BCUT2D eigenvalue weighted by atomic mass is 10.1. The number of nitrogens with zero attached hydrogens (tertiary/aromatic N) is 1. The molecule has 0 saturated heterocycles. The van der Waals surface area contributed by atoms with Crippen LogP contribution >= 0.6 is 11.6 Å². The Kier molecular flexibility index (Phi) is 4.15. The van der Waals surface area contributed by atoms with Crippen molar-refractivity contribution in [2.45, 2.75) is 0 Å².